The minimum Gasteiger partial charge on any atom is -0.406 e. The normalized spacial score (nSPS) is 17.5. The largest absolute Gasteiger partial charge is 0.573 e. The predicted octanol–water partition coefficient (Wildman–Crippen LogP) is 3.97. The number of rotatable bonds is 4. The van der Waals surface area contributed by atoms with Crippen LogP contribution >= 0.6 is 0 Å². The first-order chi connectivity index (χ1) is 13.8. The van der Waals surface area contributed by atoms with Gasteiger partial charge in [-0.25, -0.2) is 4.90 Å². The molecule has 0 aromatic heterocycles. The highest BCUT2D eigenvalue weighted by molar-refractivity contribution is 6.45. The molecule has 8 heteroatoms. The summed E-state index contributed by atoms with van der Waals surface area (Å²) in [6.45, 7) is 1.35. The molecule has 150 valence electrons. The van der Waals surface area contributed by atoms with Crippen LogP contribution in [0.4, 0.5) is 18.9 Å². The predicted molar refractivity (Wildman–Crippen MR) is 99.8 cm³/mol. The highest BCUT2D eigenvalue weighted by Crippen LogP contribution is 2.36. The molecule has 2 aromatic carbocycles. The molecule has 4 rings (SSSR count). The molecule has 0 saturated carbocycles. The van der Waals surface area contributed by atoms with E-state index in [9.17, 15) is 22.8 Å². The van der Waals surface area contributed by atoms with Gasteiger partial charge < -0.3 is 9.64 Å². The number of imide groups is 1. The molecule has 0 radical (unpaired) electrons. The van der Waals surface area contributed by atoms with Gasteiger partial charge in [-0.2, -0.15) is 0 Å². The number of carbonyl (C=O) groups is 2. The number of hydrogen-bond acceptors (Lipinski definition) is 4. The van der Waals surface area contributed by atoms with Gasteiger partial charge in [0.05, 0.1) is 11.3 Å². The van der Waals surface area contributed by atoms with Crippen molar-refractivity contribution in [1.29, 1.82) is 0 Å². The molecular formula is C21H17F3N2O3. The van der Waals surface area contributed by atoms with E-state index in [1.165, 1.54) is 12.1 Å². The number of benzene rings is 2. The van der Waals surface area contributed by atoms with Gasteiger partial charge in [0.15, 0.2) is 0 Å². The summed E-state index contributed by atoms with van der Waals surface area (Å²) < 4.78 is 41.0. The molecule has 0 N–H and O–H groups in total. The third kappa shape index (κ3) is 3.70. The molecule has 29 heavy (non-hydrogen) atoms. The summed E-state index contributed by atoms with van der Waals surface area (Å²) in [5.74, 6) is -1.39. The number of likely N-dealkylation sites (tertiary alicyclic amines) is 1. The van der Waals surface area contributed by atoms with E-state index in [-0.39, 0.29) is 5.69 Å². The number of carbonyl (C=O) groups excluding carboxylic acids is 2. The summed E-state index contributed by atoms with van der Waals surface area (Å²) in [5, 5.41) is 0. The van der Waals surface area contributed by atoms with E-state index < -0.39 is 23.9 Å². The van der Waals surface area contributed by atoms with Crippen LogP contribution in [0.5, 0.6) is 5.75 Å². The van der Waals surface area contributed by atoms with Gasteiger partial charge in [0.25, 0.3) is 11.8 Å². The molecule has 0 spiro atoms. The Morgan fingerprint density at radius 3 is 2.03 bits per heavy atom. The summed E-state index contributed by atoms with van der Waals surface area (Å²) >= 11 is 0. The van der Waals surface area contributed by atoms with Gasteiger partial charge >= 0.3 is 6.36 Å². The van der Waals surface area contributed by atoms with Crippen LogP contribution < -0.4 is 9.64 Å². The van der Waals surface area contributed by atoms with E-state index >= 15 is 0 Å². The lowest BCUT2D eigenvalue weighted by atomic mass is 10.0. The number of nitrogens with zero attached hydrogens (tertiary/aromatic N) is 2. The van der Waals surface area contributed by atoms with E-state index in [0.29, 0.717) is 29.9 Å². The Labute approximate surface area is 165 Å². The number of amides is 2. The first-order valence-corrected chi connectivity index (χ1v) is 9.14. The molecular weight excluding hydrogens is 385 g/mol. The van der Waals surface area contributed by atoms with Gasteiger partial charge in [-0.3, -0.25) is 9.59 Å². The molecule has 2 aliphatic rings. The second-order valence-corrected chi connectivity index (χ2v) is 6.77. The lowest BCUT2D eigenvalue weighted by molar-refractivity contribution is -0.274. The zero-order chi connectivity index (χ0) is 20.6. The smallest absolute Gasteiger partial charge is 0.406 e. The van der Waals surface area contributed by atoms with E-state index in [0.717, 1.165) is 29.9 Å². The van der Waals surface area contributed by atoms with E-state index in [1.807, 2.05) is 11.0 Å². The fourth-order valence-electron chi connectivity index (χ4n) is 3.65. The average Bonchev–Trinajstić information content (AvgIpc) is 3.28. The Morgan fingerprint density at radius 2 is 1.45 bits per heavy atom. The van der Waals surface area contributed by atoms with Crippen molar-refractivity contribution in [2.75, 3.05) is 18.0 Å². The second-order valence-electron chi connectivity index (χ2n) is 6.77. The van der Waals surface area contributed by atoms with Crippen LogP contribution in [0.25, 0.3) is 5.57 Å². The zero-order valence-electron chi connectivity index (χ0n) is 15.3. The highest BCUT2D eigenvalue weighted by atomic mass is 19.4. The fourth-order valence-corrected chi connectivity index (χ4v) is 3.65. The third-order valence-corrected chi connectivity index (χ3v) is 4.87. The summed E-state index contributed by atoms with van der Waals surface area (Å²) in [7, 11) is 0. The first kappa shape index (κ1) is 19.0. The van der Waals surface area contributed by atoms with Crippen LogP contribution in [0.1, 0.15) is 18.4 Å². The van der Waals surface area contributed by atoms with Crippen molar-refractivity contribution < 1.29 is 27.5 Å². The Bertz CT molecular complexity index is 963. The number of halogens is 3. The van der Waals surface area contributed by atoms with E-state index in [1.54, 1.807) is 24.3 Å². The van der Waals surface area contributed by atoms with Crippen molar-refractivity contribution in [3.05, 3.63) is 65.9 Å². The lowest BCUT2D eigenvalue weighted by Crippen LogP contribution is -2.34. The van der Waals surface area contributed by atoms with Crippen molar-refractivity contribution in [1.82, 2.24) is 4.90 Å². The first-order valence-electron chi connectivity index (χ1n) is 9.14. The van der Waals surface area contributed by atoms with Crippen molar-refractivity contribution >= 4 is 23.1 Å². The summed E-state index contributed by atoms with van der Waals surface area (Å²) in [4.78, 5) is 29.3. The standard InChI is InChI=1S/C21H17F3N2O3/c22-21(23,24)29-16-10-8-15(9-11-16)26-19(27)17(14-6-2-1-3-7-14)18(20(26)28)25-12-4-5-13-25/h1-3,6-11H,4-5,12-13H2. The highest BCUT2D eigenvalue weighted by Gasteiger charge is 2.43. The van der Waals surface area contributed by atoms with Crippen LogP contribution in [-0.4, -0.2) is 36.2 Å². The van der Waals surface area contributed by atoms with Crippen molar-refractivity contribution in [2.24, 2.45) is 0 Å². The van der Waals surface area contributed by atoms with Gasteiger partial charge in [-0.15, -0.1) is 13.2 Å². The second kappa shape index (κ2) is 7.27. The molecule has 2 heterocycles. The maximum Gasteiger partial charge on any atom is 0.573 e. The molecule has 2 aromatic rings. The summed E-state index contributed by atoms with van der Waals surface area (Å²) in [6.07, 6.45) is -2.96. The quantitative estimate of drug-likeness (QED) is 0.727. The Morgan fingerprint density at radius 1 is 0.828 bits per heavy atom. The number of alkyl halides is 3. The van der Waals surface area contributed by atoms with Gasteiger partial charge in [0.2, 0.25) is 0 Å². The van der Waals surface area contributed by atoms with Crippen LogP contribution in [0.15, 0.2) is 60.3 Å². The van der Waals surface area contributed by atoms with Gasteiger partial charge in [-0.05, 0) is 42.7 Å². The van der Waals surface area contributed by atoms with Crippen molar-refractivity contribution in [3.63, 3.8) is 0 Å². The zero-order valence-corrected chi connectivity index (χ0v) is 15.3. The minimum absolute atomic E-state index is 0.192. The van der Waals surface area contributed by atoms with Gasteiger partial charge in [-0.1, -0.05) is 30.3 Å². The fraction of sp³-hybridized carbons (Fsp3) is 0.238. The third-order valence-electron chi connectivity index (χ3n) is 4.87. The van der Waals surface area contributed by atoms with Crippen molar-refractivity contribution in [2.45, 2.75) is 19.2 Å². The van der Waals surface area contributed by atoms with Gasteiger partial charge in [0, 0.05) is 13.1 Å². The molecule has 1 fully saturated rings. The monoisotopic (exact) mass is 402 g/mol. The number of anilines is 1. The van der Waals surface area contributed by atoms with E-state index in [4.69, 9.17) is 0 Å². The Balaban J connectivity index is 1.70. The topological polar surface area (TPSA) is 49.9 Å². The van der Waals surface area contributed by atoms with Gasteiger partial charge in [0.1, 0.15) is 11.4 Å². The summed E-state index contributed by atoms with van der Waals surface area (Å²) in [6, 6.07) is 13.6. The average molecular weight is 402 g/mol. The molecule has 5 nitrogen and oxygen atoms in total. The van der Waals surface area contributed by atoms with Crippen LogP contribution in [0.3, 0.4) is 0 Å². The Hall–Kier alpha value is -3.29. The molecule has 0 unspecified atom stereocenters. The number of ether oxygens (including phenoxy) is 1. The number of hydrogen-bond donors (Lipinski definition) is 0. The SMILES string of the molecule is O=C1C(c2ccccc2)=C(N2CCCC2)C(=O)N1c1ccc(OC(F)(F)F)cc1. The molecule has 2 amide bonds. The Kier molecular flexibility index (Phi) is 4.77. The van der Waals surface area contributed by atoms with Crippen LogP contribution in [-0.2, 0) is 9.59 Å². The minimum atomic E-state index is -4.81. The maximum atomic E-state index is 13.2. The molecule has 2 aliphatic heterocycles. The van der Waals surface area contributed by atoms with Crippen molar-refractivity contribution in [3.8, 4) is 5.75 Å². The van der Waals surface area contributed by atoms with Crippen LogP contribution in [0.2, 0.25) is 0 Å². The molecule has 0 aliphatic carbocycles. The maximum absolute atomic E-state index is 13.2. The summed E-state index contributed by atoms with van der Waals surface area (Å²) in [5.41, 5.74) is 1.48. The lowest BCUT2D eigenvalue weighted by Gasteiger charge is -2.20. The molecule has 0 atom stereocenters. The molecule has 0 bridgehead atoms. The van der Waals surface area contributed by atoms with Crippen LogP contribution in [0, 0.1) is 0 Å². The molecule has 1 saturated heterocycles. The van der Waals surface area contributed by atoms with E-state index in [2.05, 4.69) is 4.74 Å².